The predicted octanol–water partition coefficient (Wildman–Crippen LogP) is 5.19. The van der Waals surface area contributed by atoms with Gasteiger partial charge in [0, 0.05) is 24.6 Å². The van der Waals surface area contributed by atoms with Gasteiger partial charge in [0.15, 0.2) is 5.78 Å². The van der Waals surface area contributed by atoms with Crippen molar-refractivity contribution < 1.29 is 9.18 Å². The summed E-state index contributed by atoms with van der Waals surface area (Å²) in [5, 5.41) is 0. The summed E-state index contributed by atoms with van der Waals surface area (Å²) in [6.45, 7) is 1.25. The Labute approximate surface area is 160 Å². The predicted molar refractivity (Wildman–Crippen MR) is 105 cm³/mol. The lowest BCUT2D eigenvalue weighted by molar-refractivity contribution is 0.0934. The van der Waals surface area contributed by atoms with Crippen molar-refractivity contribution in [3.8, 4) is 0 Å². The van der Waals surface area contributed by atoms with Crippen LogP contribution < -0.4 is 0 Å². The van der Waals surface area contributed by atoms with E-state index in [1.807, 2.05) is 0 Å². The number of halogens is 2. The molecule has 1 aromatic carbocycles. The van der Waals surface area contributed by atoms with E-state index in [1.165, 1.54) is 37.8 Å². The Bertz CT molecular complexity index is 582. The van der Waals surface area contributed by atoms with E-state index in [9.17, 15) is 9.18 Å². The van der Waals surface area contributed by atoms with E-state index in [2.05, 4.69) is 4.90 Å². The second-order valence-corrected chi connectivity index (χ2v) is 6.96. The van der Waals surface area contributed by atoms with E-state index in [1.54, 1.807) is 12.1 Å². The van der Waals surface area contributed by atoms with E-state index in [-0.39, 0.29) is 28.6 Å². The minimum atomic E-state index is -0.302. The number of nitrogens with zero attached hydrogens (tertiary/aromatic N) is 2. The molecule has 1 saturated carbocycles. The quantitative estimate of drug-likeness (QED) is 0.639. The highest BCUT2D eigenvalue weighted by Crippen LogP contribution is 2.25. The molecule has 0 saturated heterocycles. The average Bonchev–Trinajstić information content (AvgIpc) is 2.90. The van der Waals surface area contributed by atoms with Gasteiger partial charge in [-0.3, -0.25) is 9.79 Å². The van der Waals surface area contributed by atoms with E-state index in [0.29, 0.717) is 18.2 Å². The summed E-state index contributed by atoms with van der Waals surface area (Å²) in [4.78, 5) is 19.8. The number of rotatable bonds is 4. The van der Waals surface area contributed by atoms with Crippen molar-refractivity contribution in [2.24, 2.45) is 4.99 Å². The van der Waals surface area contributed by atoms with Crippen molar-refractivity contribution >= 4 is 28.6 Å². The highest BCUT2D eigenvalue weighted by Gasteiger charge is 2.26. The third-order valence-electron chi connectivity index (χ3n) is 5.18. The molecule has 1 heterocycles. The molecular formula is C20H28BrFN2O. The molecule has 3 nitrogen and oxygen atoms in total. The number of ketones is 1. The maximum Gasteiger partial charge on any atom is 0.182 e. The Balaban J connectivity index is 0.00000225. The Hall–Kier alpha value is -1.23. The first-order valence-corrected chi connectivity index (χ1v) is 9.33. The zero-order valence-corrected chi connectivity index (χ0v) is 16.5. The van der Waals surface area contributed by atoms with Crippen molar-refractivity contribution in [2.75, 3.05) is 13.1 Å². The van der Waals surface area contributed by atoms with E-state index in [4.69, 9.17) is 4.99 Å². The van der Waals surface area contributed by atoms with E-state index >= 15 is 0 Å². The standard InChI is InChI=1S/C20H27FN2O.BrH/c21-17-12-10-16(11-13-17)19(24)15-23(18-7-3-1-4-8-18)20-9-5-2-6-14-22-20;/h10-13,18H,1-9,14-15H2;1H. The summed E-state index contributed by atoms with van der Waals surface area (Å²) in [5.41, 5.74) is 0.589. The second kappa shape index (κ2) is 10.0. The Morgan fingerprint density at radius 1 is 1.04 bits per heavy atom. The van der Waals surface area contributed by atoms with Gasteiger partial charge in [-0.1, -0.05) is 25.7 Å². The van der Waals surface area contributed by atoms with Crippen LogP contribution in [0.25, 0.3) is 0 Å². The fourth-order valence-electron chi connectivity index (χ4n) is 3.80. The highest BCUT2D eigenvalue weighted by atomic mass is 79.9. The maximum absolute atomic E-state index is 13.1. The van der Waals surface area contributed by atoms with Crippen LogP contribution in [0.3, 0.4) is 0 Å². The molecule has 1 aliphatic heterocycles. The normalized spacial score (nSPS) is 18.7. The van der Waals surface area contributed by atoms with Gasteiger partial charge in [-0.15, -0.1) is 17.0 Å². The molecule has 2 aliphatic rings. The lowest BCUT2D eigenvalue weighted by Gasteiger charge is -2.36. The van der Waals surface area contributed by atoms with Crippen molar-refractivity contribution in [3.63, 3.8) is 0 Å². The van der Waals surface area contributed by atoms with Crippen LogP contribution in [-0.4, -0.2) is 35.7 Å². The molecule has 0 N–H and O–H groups in total. The van der Waals surface area contributed by atoms with Crippen molar-refractivity contribution in [3.05, 3.63) is 35.6 Å². The number of carbonyl (C=O) groups is 1. The first-order chi connectivity index (χ1) is 11.7. The molecule has 0 bridgehead atoms. The van der Waals surface area contributed by atoms with Crippen LogP contribution in [0.2, 0.25) is 0 Å². The smallest absolute Gasteiger partial charge is 0.182 e. The molecule has 0 spiro atoms. The zero-order chi connectivity index (χ0) is 16.8. The van der Waals surface area contributed by atoms with Gasteiger partial charge in [0.05, 0.1) is 12.4 Å². The van der Waals surface area contributed by atoms with E-state index < -0.39 is 0 Å². The molecule has 25 heavy (non-hydrogen) atoms. The van der Waals surface area contributed by atoms with Crippen LogP contribution in [0.15, 0.2) is 29.3 Å². The number of benzene rings is 1. The SMILES string of the molecule is Br.O=C(CN(C1=NCCCCC1)C1CCCCC1)c1ccc(F)cc1. The summed E-state index contributed by atoms with van der Waals surface area (Å²) in [6.07, 6.45) is 10.6. The topological polar surface area (TPSA) is 32.7 Å². The van der Waals surface area contributed by atoms with Gasteiger partial charge >= 0.3 is 0 Å². The molecule has 1 aliphatic carbocycles. The van der Waals surface area contributed by atoms with Crippen LogP contribution in [0.1, 0.15) is 68.1 Å². The molecule has 0 amide bonds. The largest absolute Gasteiger partial charge is 0.350 e. The van der Waals surface area contributed by atoms with Crippen molar-refractivity contribution in [2.45, 2.75) is 63.8 Å². The van der Waals surface area contributed by atoms with Crippen LogP contribution in [0, 0.1) is 5.82 Å². The molecule has 0 atom stereocenters. The zero-order valence-electron chi connectivity index (χ0n) is 14.8. The van der Waals surface area contributed by atoms with Crippen LogP contribution in [0.5, 0.6) is 0 Å². The van der Waals surface area contributed by atoms with Crippen molar-refractivity contribution in [1.29, 1.82) is 0 Å². The number of carbonyl (C=O) groups excluding carboxylic acids is 1. The van der Waals surface area contributed by atoms with Crippen LogP contribution in [-0.2, 0) is 0 Å². The summed E-state index contributed by atoms with van der Waals surface area (Å²) in [6, 6.07) is 6.33. The molecule has 3 rings (SSSR count). The summed E-state index contributed by atoms with van der Waals surface area (Å²) < 4.78 is 13.1. The van der Waals surface area contributed by atoms with Crippen LogP contribution in [0.4, 0.5) is 4.39 Å². The highest BCUT2D eigenvalue weighted by molar-refractivity contribution is 8.93. The molecule has 0 radical (unpaired) electrons. The molecule has 0 unspecified atom stereocenters. The Kier molecular flexibility index (Phi) is 8.07. The van der Waals surface area contributed by atoms with E-state index in [0.717, 1.165) is 44.5 Å². The third-order valence-corrected chi connectivity index (χ3v) is 5.18. The molecular weight excluding hydrogens is 383 g/mol. The van der Waals surface area contributed by atoms with Gasteiger partial charge in [0.25, 0.3) is 0 Å². The third kappa shape index (κ3) is 5.63. The number of amidine groups is 1. The number of hydrogen-bond acceptors (Lipinski definition) is 3. The van der Waals surface area contributed by atoms with Gasteiger partial charge in [-0.2, -0.15) is 0 Å². The summed E-state index contributed by atoms with van der Waals surface area (Å²) in [5.74, 6) is 0.881. The van der Waals surface area contributed by atoms with Gasteiger partial charge in [0.1, 0.15) is 5.82 Å². The molecule has 5 heteroatoms. The van der Waals surface area contributed by atoms with Gasteiger partial charge < -0.3 is 4.90 Å². The number of Topliss-reactive ketones (excluding diaryl/α,β-unsaturated/α-hetero) is 1. The van der Waals surface area contributed by atoms with Gasteiger partial charge in [0.2, 0.25) is 0 Å². The Morgan fingerprint density at radius 3 is 2.44 bits per heavy atom. The van der Waals surface area contributed by atoms with Crippen LogP contribution >= 0.6 is 17.0 Å². The number of hydrogen-bond donors (Lipinski definition) is 0. The minimum Gasteiger partial charge on any atom is -0.350 e. The molecule has 1 aromatic rings. The fourth-order valence-corrected chi connectivity index (χ4v) is 3.80. The molecule has 1 fully saturated rings. The maximum atomic E-state index is 13.1. The van der Waals surface area contributed by atoms with Gasteiger partial charge in [-0.05, 0) is 49.9 Å². The number of aliphatic imine (C=N–C) groups is 1. The lowest BCUT2D eigenvalue weighted by atomic mass is 9.93. The minimum absolute atomic E-state index is 0. The van der Waals surface area contributed by atoms with Crippen molar-refractivity contribution in [1.82, 2.24) is 4.90 Å². The first kappa shape index (κ1) is 20.1. The summed E-state index contributed by atoms with van der Waals surface area (Å²) in [7, 11) is 0. The monoisotopic (exact) mass is 410 g/mol. The summed E-state index contributed by atoms with van der Waals surface area (Å²) >= 11 is 0. The average molecular weight is 411 g/mol. The Morgan fingerprint density at radius 2 is 1.72 bits per heavy atom. The lowest BCUT2D eigenvalue weighted by Crippen LogP contribution is -2.44. The second-order valence-electron chi connectivity index (χ2n) is 6.96. The van der Waals surface area contributed by atoms with Gasteiger partial charge in [-0.25, -0.2) is 4.39 Å². The molecule has 0 aromatic heterocycles. The fraction of sp³-hybridized carbons (Fsp3) is 0.600. The first-order valence-electron chi connectivity index (χ1n) is 9.33. The molecule has 138 valence electrons.